The second kappa shape index (κ2) is 12.2. The van der Waals surface area contributed by atoms with Crippen LogP contribution in [-0.4, -0.2) is 57.2 Å². The quantitative estimate of drug-likeness (QED) is 0.355. The molecule has 2 aromatic carbocycles. The maximum atomic E-state index is 12.5. The van der Waals surface area contributed by atoms with E-state index in [-0.39, 0.29) is 29.0 Å². The van der Waals surface area contributed by atoms with Crippen LogP contribution in [0, 0.1) is 0 Å². The summed E-state index contributed by atoms with van der Waals surface area (Å²) in [5.74, 6) is 1.05. The third kappa shape index (κ3) is 6.66. The monoisotopic (exact) mass is 519 g/mol. The van der Waals surface area contributed by atoms with E-state index >= 15 is 0 Å². The lowest BCUT2D eigenvalue weighted by molar-refractivity contribution is -0.115. The molecule has 0 unspecified atom stereocenters. The van der Waals surface area contributed by atoms with Crippen LogP contribution in [0.2, 0.25) is 0 Å². The second-order valence-electron chi connectivity index (χ2n) is 7.31. The van der Waals surface area contributed by atoms with Crippen LogP contribution in [0.4, 0.5) is 6.01 Å². The Morgan fingerprint density at radius 2 is 1.56 bits per heavy atom. The van der Waals surface area contributed by atoms with E-state index in [4.69, 9.17) is 23.4 Å². The maximum Gasteiger partial charge on any atom is 0.322 e. The van der Waals surface area contributed by atoms with Crippen molar-refractivity contribution in [3.05, 3.63) is 36.4 Å². The summed E-state index contributed by atoms with van der Waals surface area (Å²) in [4.78, 5) is 12.5. The van der Waals surface area contributed by atoms with Crippen LogP contribution in [0.1, 0.15) is 27.2 Å². The lowest BCUT2D eigenvalue weighted by atomic mass is 10.2. The molecular weight excluding hydrogens is 490 g/mol. The van der Waals surface area contributed by atoms with Crippen molar-refractivity contribution in [2.45, 2.75) is 32.1 Å². The number of carbonyl (C=O) groups excluding carboxylic acids is 1. The average Bonchev–Trinajstić information content (AvgIpc) is 3.33. The van der Waals surface area contributed by atoms with Gasteiger partial charge in [0, 0.05) is 12.0 Å². The molecule has 0 aliphatic rings. The molecular formula is C24H29N3O8S. The summed E-state index contributed by atoms with van der Waals surface area (Å²) < 4.78 is 52.7. The van der Waals surface area contributed by atoms with Gasteiger partial charge in [0.25, 0.3) is 0 Å². The minimum absolute atomic E-state index is 0.0990. The fraction of sp³-hybridized carbons (Fsp3) is 0.375. The van der Waals surface area contributed by atoms with Gasteiger partial charge in [-0.25, -0.2) is 8.42 Å². The minimum Gasteiger partial charge on any atom is -0.497 e. The van der Waals surface area contributed by atoms with Gasteiger partial charge in [-0.2, -0.15) is 0 Å². The van der Waals surface area contributed by atoms with Crippen molar-refractivity contribution < 1.29 is 36.6 Å². The standard InChI is InChI=1S/C24H29N3O8S/c1-5-32-19-14-16(15-20(33-6-2)22(19)34-7-3)23-26-27-24(35-23)25-21(28)12-13-36(29,30)18-10-8-17(31-4)9-11-18/h8-11,14-15H,5-7,12-13H2,1-4H3,(H,25,27,28). The smallest absolute Gasteiger partial charge is 0.322 e. The molecule has 3 aromatic rings. The summed E-state index contributed by atoms with van der Waals surface area (Å²) in [6.07, 6.45) is -0.294. The molecule has 0 radical (unpaired) electrons. The molecule has 12 heteroatoms. The molecule has 36 heavy (non-hydrogen) atoms. The Hall–Kier alpha value is -3.80. The highest BCUT2D eigenvalue weighted by Crippen LogP contribution is 2.41. The van der Waals surface area contributed by atoms with Gasteiger partial charge in [0.2, 0.25) is 17.5 Å². The first-order valence-corrected chi connectivity index (χ1v) is 13.0. The van der Waals surface area contributed by atoms with Crippen LogP contribution in [0.25, 0.3) is 11.5 Å². The summed E-state index contributed by atoms with van der Waals surface area (Å²) >= 11 is 0. The van der Waals surface area contributed by atoms with Gasteiger partial charge in [0.15, 0.2) is 21.3 Å². The normalized spacial score (nSPS) is 11.1. The molecule has 0 atom stereocenters. The number of nitrogens with zero attached hydrogens (tertiary/aromatic N) is 2. The van der Waals surface area contributed by atoms with Crippen molar-refractivity contribution in [1.82, 2.24) is 10.2 Å². The Morgan fingerprint density at radius 1 is 0.944 bits per heavy atom. The first kappa shape index (κ1) is 26.8. The highest BCUT2D eigenvalue weighted by Gasteiger charge is 2.21. The zero-order valence-electron chi connectivity index (χ0n) is 20.6. The number of carbonyl (C=O) groups is 1. The molecule has 1 N–H and O–H groups in total. The van der Waals surface area contributed by atoms with Gasteiger partial charge in [0.1, 0.15) is 5.75 Å². The Morgan fingerprint density at radius 3 is 2.11 bits per heavy atom. The number of rotatable bonds is 13. The molecule has 0 fully saturated rings. The molecule has 1 amide bonds. The number of hydrogen-bond acceptors (Lipinski definition) is 10. The van der Waals surface area contributed by atoms with E-state index in [9.17, 15) is 13.2 Å². The van der Waals surface area contributed by atoms with Gasteiger partial charge in [-0.15, -0.1) is 5.10 Å². The summed E-state index contributed by atoms with van der Waals surface area (Å²) in [5, 5.41) is 10.3. The van der Waals surface area contributed by atoms with Crippen molar-refractivity contribution in [1.29, 1.82) is 0 Å². The Balaban J connectivity index is 1.71. The van der Waals surface area contributed by atoms with Crippen LogP contribution >= 0.6 is 0 Å². The lowest BCUT2D eigenvalue weighted by Crippen LogP contribution is -2.17. The summed E-state index contributed by atoms with van der Waals surface area (Å²) in [7, 11) is -2.17. The summed E-state index contributed by atoms with van der Waals surface area (Å²) in [6.45, 7) is 6.77. The van der Waals surface area contributed by atoms with Crippen molar-refractivity contribution in [3.8, 4) is 34.5 Å². The molecule has 3 rings (SSSR count). The van der Waals surface area contributed by atoms with Crippen LogP contribution < -0.4 is 24.3 Å². The van der Waals surface area contributed by atoms with Gasteiger partial charge in [-0.05, 0) is 57.2 Å². The number of anilines is 1. The molecule has 11 nitrogen and oxygen atoms in total. The number of methoxy groups -OCH3 is 1. The van der Waals surface area contributed by atoms with E-state index < -0.39 is 15.7 Å². The molecule has 0 aliphatic heterocycles. The third-order valence-corrected chi connectivity index (χ3v) is 6.58. The van der Waals surface area contributed by atoms with Gasteiger partial charge >= 0.3 is 6.01 Å². The number of nitrogens with one attached hydrogen (secondary N) is 1. The van der Waals surface area contributed by atoms with E-state index in [1.807, 2.05) is 20.8 Å². The largest absolute Gasteiger partial charge is 0.497 e. The Labute approximate surface area is 209 Å². The molecule has 0 saturated heterocycles. The average molecular weight is 520 g/mol. The lowest BCUT2D eigenvalue weighted by Gasteiger charge is -2.16. The van der Waals surface area contributed by atoms with Crippen molar-refractivity contribution in [2.24, 2.45) is 0 Å². The highest BCUT2D eigenvalue weighted by molar-refractivity contribution is 7.91. The van der Waals surface area contributed by atoms with Gasteiger partial charge in [0.05, 0.1) is 37.6 Å². The van der Waals surface area contributed by atoms with E-state index in [0.717, 1.165) is 0 Å². The molecule has 0 bridgehead atoms. The first-order valence-electron chi connectivity index (χ1n) is 11.4. The highest BCUT2D eigenvalue weighted by atomic mass is 32.2. The predicted molar refractivity (Wildman–Crippen MR) is 132 cm³/mol. The van der Waals surface area contributed by atoms with E-state index in [0.29, 0.717) is 48.4 Å². The number of sulfone groups is 1. The van der Waals surface area contributed by atoms with Gasteiger partial charge in [-0.1, -0.05) is 5.10 Å². The number of amides is 1. The molecule has 1 heterocycles. The van der Waals surface area contributed by atoms with Gasteiger partial charge in [-0.3, -0.25) is 10.1 Å². The zero-order chi connectivity index (χ0) is 26.1. The number of benzene rings is 2. The van der Waals surface area contributed by atoms with Crippen LogP contribution in [0.15, 0.2) is 45.7 Å². The SMILES string of the molecule is CCOc1cc(-c2nnc(NC(=O)CCS(=O)(=O)c3ccc(OC)cc3)o2)cc(OCC)c1OCC. The maximum absolute atomic E-state index is 12.5. The number of hydrogen-bond donors (Lipinski definition) is 1. The molecule has 1 aromatic heterocycles. The van der Waals surface area contributed by atoms with Gasteiger partial charge < -0.3 is 23.4 Å². The molecule has 0 spiro atoms. The topological polar surface area (TPSA) is 139 Å². The van der Waals surface area contributed by atoms with Crippen LogP contribution in [0.5, 0.6) is 23.0 Å². The van der Waals surface area contributed by atoms with E-state index in [1.165, 1.54) is 19.2 Å². The second-order valence-corrected chi connectivity index (χ2v) is 9.41. The fourth-order valence-electron chi connectivity index (χ4n) is 3.21. The third-order valence-electron chi connectivity index (χ3n) is 4.84. The van der Waals surface area contributed by atoms with Crippen LogP contribution in [-0.2, 0) is 14.6 Å². The molecule has 0 aliphatic carbocycles. The number of aromatic nitrogens is 2. The molecule has 194 valence electrons. The Bertz CT molecular complexity index is 1250. The predicted octanol–water partition coefficient (Wildman–Crippen LogP) is 3.74. The first-order chi connectivity index (χ1) is 17.3. The summed E-state index contributed by atoms with van der Waals surface area (Å²) in [5.41, 5.74) is 0.500. The van der Waals surface area contributed by atoms with E-state index in [2.05, 4.69) is 15.5 Å². The Kier molecular flexibility index (Phi) is 9.12. The van der Waals surface area contributed by atoms with Crippen molar-refractivity contribution >= 4 is 21.8 Å². The summed E-state index contributed by atoms with van der Waals surface area (Å²) in [6, 6.07) is 9.14. The fourth-order valence-corrected chi connectivity index (χ4v) is 4.45. The van der Waals surface area contributed by atoms with Crippen molar-refractivity contribution in [3.63, 3.8) is 0 Å². The zero-order valence-corrected chi connectivity index (χ0v) is 21.4. The van der Waals surface area contributed by atoms with E-state index in [1.54, 1.807) is 24.3 Å². The molecule has 0 saturated carbocycles. The minimum atomic E-state index is -3.66. The van der Waals surface area contributed by atoms with Crippen molar-refractivity contribution in [2.75, 3.05) is 38.0 Å². The number of ether oxygens (including phenoxy) is 4. The van der Waals surface area contributed by atoms with Crippen LogP contribution in [0.3, 0.4) is 0 Å².